The van der Waals surface area contributed by atoms with E-state index >= 15 is 0 Å². The topological polar surface area (TPSA) is 50.4 Å². The highest BCUT2D eigenvalue weighted by atomic mass is 35.5. The molecular weight excluding hydrogens is 299 g/mol. The van der Waals surface area contributed by atoms with E-state index in [1.54, 1.807) is 24.3 Å². The number of aromatic carboxylic acids is 1. The number of benzene rings is 2. The molecule has 0 unspecified atom stereocenters. The number of hydrogen-bond donors (Lipinski definition) is 1. The Morgan fingerprint density at radius 3 is 2.55 bits per heavy atom. The Hall–Kier alpha value is -1.97. The van der Waals surface area contributed by atoms with E-state index in [-0.39, 0.29) is 5.56 Å². The van der Waals surface area contributed by atoms with Crippen LogP contribution in [-0.4, -0.2) is 11.1 Å². The molecule has 2 aromatic carbocycles. The first kappa shape index (κ1) is 13.0. The molecule has 0 saturated heterocycles. The summed E-state index contributed by atoms with van der Waals surface area (Å²) in [5.41, 5.74) is 1.48. The Bertz CT molecular complexity index is 821. The Kier molecular flexibility index (Phi) is 3.16. The predicted molar refractivity (Wildman–Crippen MR) is 78.6 cm³/mol. The summed E-state index contributed by atoms with van der Waals surface area (Å²) >= 11 is 12.0. The second kappa shape index (κ2) is 4.85. The zero-order chi connectivity index (χ0) is 14.3. The molecule has 100 valence electrons. The van der Waals surface area contributed by atoms with Crippen molar-refractivity contribution in [3.05, 3.63) is 58.1 Å². The molecule has 20 heavy (non-hydrogen) atoms. The minimum absolute atomic E-state index is 0.137. The van der Waals surface area contributed by atoms with Gasteiger partial charge in [-0.1, -0.05) is 23.2 Å². The third-order valence-corrected chi connectivity index (χ3v) is 3.51. The van der Waals surface area contributed by atoms with Crippen LogP contribution >= 0.6 is 23.2 Å². The smallest absolute Gasteiger partial charge is 0.335 e. The van der Waals surface area contributed by atoms with E-state index in [0.717, 1.165) is 5.39 Å². The zero-order valence-corrected chi connectivity index (χ0v) is 11.6. The molecule has 0 amide bonds. The minimum atomic E-state index is -1.02. The van der Waals surface area contributed by atoms with Crippen LogP contribution in [0.3, 0.4) is 0 Å². The molecule has 0 radical (unpaired) electrons. The lowest BCUT2D eigenvalue weighted by molar-refractivity contribution is 0.0697. The molecule has 5 heteroatoms. The summed E-state index contributed by atoms with van der Waals surface area (Å²) in [6.45, 7) is 0. The standard InChI is InChI=1S/C15H8Cl2O3/c16-10-2-4-13-9(5-10)7-14(20-13)11-3-1-8(15(18)19)6-12(11)17/h1-7H,(H,18,19). The highest BCUT2D eigenvalue weighted by Gasteiger charge is 2.12. The van der Waals surface area contributed by atoms with Crippen molar-refractivity contribution >= 4 is 40.1 Å². The summed E-state index contributed by atoms with van der Waals surface area (Å²) < 4.78 is 5.70. The fourth-order valence-electron chi connectivity index (χ4n) is 1.99. The number of rotatable bonds is 2. The first-order valence-corrected chi connectivity index (χ1v) is 6.52. The van der Waals surface area contributed by atoms with Crippen molar-refractivity contribution < 1.29 is 14.3 Å². The van der Waals surface area contributed by atoms with Crippen LogP contribution in [0.5, 0.6) is 0 Å². The van der Waals surface area contributed by atoms with Crippen LogP contribution in [0, 0.1) is 0 Å². The quantitative estimate of drug-likeness (QED) is 0.716. The first-order chi connectivity index (χ1) is 9.54. The molecule has 1 heterocycles. The van der Waals surface area contributed by atoms with Crippen LogP contribution in [-0.2, 0) is 0 Å². The fourth-order valence-corrected chi connectivity index (χ4v) is 2.45. The average Bonchev–Trinajstić information content (AvgIpc) is 2.80. The zero-order valence-electron chi connectivity index (χ0n) is 10.1. The van der Waals surface area contributed by atoms with E-state index in [1.807, 2.05) is 6.07 Å². The Morgan fingerprint density at radius 1 is 1.05 bits per heavy atom. The van der Waals surface area contributed by atoms with Crippen molar-refractivity contribution in [1.29, 1.82) is 0 Å². The number of furan rings is 1. The van der Waals surface area contributed by atoms with Gasteiger partial charge in [0.15, 0.2) is 0 Å². The molecule has 0 spiro atoms. The molecule has 1 aromatic heterocycles. The molecular formula is C15H8Cl2O3. The highest BCUT2D eigenvalue weighted by molar-refractivity contribution is 6.33. The Labute approximate surface area is 124 Å². The van der Waals surface area contributed by atoms with Gasteiger partial charge in [0.05, 0.1) is 10.6 Å². The number of carboxylic acid groups (broad SMARTS) is 1. The number of fused-ring (bicyclic) bond motifs is 1. The number of carboxylic acids is 1. The largest absolute Gasteiger partial charge is 0.478 e. The normalized spacial score (nSPS) is 10.9. The number of hydrogen-bond acceptors (Lipinski definition) is 2. The molecule has 0 atom stereocenters. The molecule has 0 aliphatic rings. The van der Waals surface area contributed by atoms with E-state index in [4.69, 9.17) is 32.7 Å². The molecule has 0 saturated carbocycles. The number of carbonyl (C=O) groups is 1. The van der Waals surface area contributed by atoms with Crippen molar-refractivity contribution in [2.75, 3.05) is 0 Å². The summed E-state index contributed by atoms with van der Waals surface area (Å²) in [7, 11) is 0. The van der Waals surface area contributed by atoms with Crippen LogP contribution in [0.1, 0.15) is 10.4 Å². The lowest BCUT2D eigenvalue weighted by Crippen LogP contribution is -1.95. The highest BCUT2D eigenvalue weighted by Crippen LogP contribution is 2.34. The Balaban J connectivity index is 2.13. The maximum Gasteiger partial charge on any atom is 0.335 e. The van der Waals surface area contributed by atoms with Gasteiger partial charge in [0.25, 0.3) is 0 Å². The minimum Gasteiger partial charge on any atom is -0.478 e. The monoisotopic (exact) mass is 306 g/mol. The van der Waals surface area contributed by atoms with Gasteiger partial charge >= 0.3 is 5.97 Å². The van der Waals surface area contributed by atoms with Crippen LogP contribution in [0.4, 0.5) is 0 Å². The molecule has 1 N–H and O–H groups in total. The van der Waals surface area contributed by atoms with Gasteiger partial charge in [-0.05, 0) is 42.5 Å². The van der Waals surface area contributed by atoms with Crippen molar-refractivity contribution in [2.24, 2.45) is 0 Å². The van der Waals surface area contributed by atoms with Gasteiger partial charge in [0, 0.05) is 16.0 Å². The first-order valence-electron chi connectivity index (χ1n) is 5.77. The maximum atomic E-state index is 10.9. The van der Waals surface area contributed by atoms with Gasteiger partial charge in [-0.3, -0.25) is 0 Å². The van der Waals surface area contributed by atoms with Crippen molar-refractivity contribution in [2.45, 2.75) is 0 Å². The van der Waals surface area contributed by atoms with Gasteiger partial charge in [-0.25, -0.2) is 4.79 Å². The lowest BCUT2D eigenvalue weighted by atomic mass is 10.1. The second-order valence-corrected chi connectivity index (χ2v) is 5.14. The summed E-state index contributed by atoms with van der Waals surface area (Å²) in [6, 6.07) is 11.7. The summed E-state index contributed by atoms with van der Waals surface area (Å²) in [6.07, 6.45) is 0. The second-order valence-electron chi connectivity index (χ2n) is 4.29. The van der Waals surface area contributed by atoms with E-state index in [1.165, 1.54) is 12.1 Å². The fraction of sp³-hybridized carbons (Fsp3) is 0. The van der Waals surface area contributed by atoms with Crippen molar-refractivity contribution in [3.63, 3.8) is 0 Å². The summed E-state index contributed by atoms with van der Waals surface area (Å²) in [5, 5.41) is 10.7. The molecule has 0 fully saturated rings. The lowest BCUT2D eigenvalue weighted by Gasteiger charge is -2.01. The Morgan fingerprint density at radius 2 is 1.85 bits per heavy atom. The number of halogens is 2. The van der Waals surface area contributed by atoms with E-state index in [0.29, 0.717) is 27.0 Å². The van der Waals surface area contributed by atoms with Crippen LogP contribution in [0.15, 0.2) is 46.9 Å². The molecule has 3 rings (SSSR count). The summed E-state index contributed by atoms with van der Waals surface area (Å²) in [5.74, 6) is -0.445. The summed E-state index contributed by atoms with van der Waals surface area (Å²) in [4.78, 5) is 10.9. The van der Waals surface area contributed by atoms with Gasteiger partial charge in [0.1, 0.15) is 11.3 Å². The predicted octanol–water partition coefficient (Wildman–Crippen LogP) is 5.10. The molecule has 0 aliphatic heterocycles. The van der Waals surface area contributed by atoms with Crippen LogP contribution in [0.2, 0.25) is 10.0 Å². The van der Waals surface area contributed by atoms with E-state index in [9.17, 15) is 4.79 Å². The molecule has 0 bridgehead atoms. The SMILES string of the molecule is O=C(O)c1ccc(-c2cc3cc(Cl)ccc3o2)c(Cl)c1. The molecule has 0 aliphatic carbocycles. The van der Waals surface area contributed by atoms with Gasteiger partial charge in [-0.15, -0.1) is 0 Å². The third-order valence-electron chi connectivity index (χ3n) is 2.96. The average molecular weight is 307 g/mol. The van der Waals surface area contributed by atoms with Crippen molar-refractivity contribution in [3.8, 4) is 11.3 Å². The van der Waals surface area contributed by atoms with Gasteiger partial charge in [-0.2, -0.15) is 0 Å². The van der Waals surface area contributed by atoms with E-state index < -0.39 is 5.97 Å². The van der Waals surface area contributed by atoms with Gasteiger partial charge in [0.2, 0.25) is 0 Å². The molecule has 3 aromatic rings. The van der Waals surface area contributed by atoms with Gasteiger partial charge < -0.3 is 9.52 Å². The maximum absolute atomic E-state index is 10.9. The van der Waals surface area contributed by atoms with Crippen molar-refractivity contribution in [1.82, 2.24) is 0 Å². The molecule has 3 nitrogen and oxygen atoms in total. The van der Waals surface area contributed by atoms with Crippen LogP contribution < -0.4 is 0 Å². The third kappa shape index (κ3) is 2.26. The van der Waals surface area contributed by atoms with E-state index in [2.05, 4.69) is 0 Å². The van der Waals surface area contributed by atoms with Crippen LogP contribution in [0.25, 0.3) is 22.3 Å².